The number of hydrogen-bond acceptors (Lipinski definition) is 3. The third kappa shape index (κ3) is 3.67. The summed E-state index contributed by atoms with van der Waals surface area (Å²) in [4.78, 5) is 4.40. The van der Waals surface area contributed by atoms with Crippen LogP contribution in [0.3, 0.4) is 0 Å². The standard InChI is InChI=1S/C16H24N4/c1-4-20-16(18-12-19-20)10-14(11-17-3)9-15-8-6-5-7-13(15)2/h5-8,12,14,17H,4,9-11H2,1-3H3. The molecule has 0 radical (unpaired) electrons. The molecule has 1 N–H and O–H groups in total. The normalized spacial score (nSPS) is 12.6. The zero-order valence-corrected chi connectivity index (χ0v) is 12.6. The van der Waals surface area contributed by atoms with Crippen LogP contribution in [0.15, 0.2) is 30.6 Å². The first kappa shape index (κ1) is 14.7. The van der Waals surface area contributed by atoms with Gasteiger partial charge in [-0.2, -0.15) is 5.10 Å². The highest BCUT2D eigenvalue weighted by molar-refractivity contribution is 5.26. The monoisotopic (exact) mass is 272 g/mol. The van der Waals surface area contributed by atoms with Gasteiger partial charge in [-0.15, -0.1) is 0 Å². The van der Waals surface area contributed by atoms with Crippen molar-refractivity contribution < 1.29 is 0 Å². The Labute approximate surface area is 121 Å². The molecular weight excluding hydrogens is 248 g/mol. The first-order chi connectivity index (χ1) is 9.74. The van der Waals surface area contributed by atoms with Gasteiger partial charge in [-0.05, 0) is 50.9 Å². The van der Waals surface area contributed by atoms with Crippen LogP contribution in [0.4, 0.5) is 0 Å². The third-order valence-electron chi connectivity index (χ3n) is 3.73. The molecule has 0 bridgehead atoms. The van der Waals surface area contributed by atoms with Crippen LogP contribution in [0, 0.1) is 12.8 Å². The van der Waals surface area contributed by atoms with Gasteiger partial charge in [0.15, 0.2) is 0 Å². The molecule has 0 saturated heterocycles. The van der Waals surface area contributed by atoms with Crippen molar-refractivity contribution in [2.45, 2.75) is 33.2 Å². The topological polar surface area (TPSA) is 42.7 Å². The SMILES string of the molecule is CCn1ncnc1CC(CNC)Cc1ccccc1C. The minimum atomic E-state index is 0.538. The van der Waals surface area contributed by atoms with Gasteiger partial charge in [0.05, 0.1) is 0 Å². The average Bonchev–Trinajstić information content (AvgIpc) is 2.89. The van der Waals surface area contributed by atoms with Crippen LogP contribution in [0.1, 0.15) is 23.9 Å². The highest BCUT2D eigenvalue weighted by Crippen LogP contribution is 2.16. The number of rotatable bonds is 7. The van der Waals surface area contributed by atoms with Crippen molar-refractivity contribution in [3.05, 3.63) is 47.5 Å². The molecule has 4 heteroatoms. The minimum Gasteiger partial charge on any atom is -0.319 e. The van der Waals surface area contributed by atoms with Gasteiger partial charge in [0.25, 0.3) is 0 Å². The molecule has 0 spiro atoms. The lowest BCUT2D eigenvalue weighted by Gasteiger charge is -2.17. The van der Waals surface area contributed by atoms with E-state index >= 15 is 0 Å². The van der Waals surface area contributed by atoms with E-state index in [2.05, 4.69) is 53.5 Å². The number of hydrogen-bond donors (Lipinski definition) is 1. The largest absolute Gasteiger partial charge is 0.319 e. The van der Waals surface area contributed by atoms with Gasteiger partial charge in [-0.3, -0.25) is 4.68 Å². The average molecular weight is 272 g/mol. The van der Waals surface area contributed by atoms with Crippen molar-refractivity contribution in [2.75, 3.05) is 13.6 Å². The van der Waals surface area contributed by atoms with E-state index in [0.717, 1.165) is 31.8 Å². The van der Waals surface area contributed by atoms with Gasteiger partial charge in [-0.1, -0.05) is 24.3 Å². The van der Waals surface area contributed by atoms with E-state index < -0.39 is 0 Å². The summed E-state index contributed by atoms with van der Waals surface area (Å²) in [6, 6.07) is 8.62. The Bertz CT molecular complexity index is 533. The molecule has 1 atom stereocenters. The summed E-state index contributed by atoms with van der Waals surface area (Å²) in [6.07, 6.45) is 3.69. The Hall–Kier alpha value is -1.68. The van der Waals surface area contributed by atoms with Crippen LogP contribution in [0.2, 0.25) is 0 Å². The van der Waals surface area contributed by atoms with Crippen LogP contribution >= 0.6 is 0 Å². The van der Waals surface area contributed by atoms with Crippen LogP contribution in [-0.2, 0) is 19.4 Å². The molecule has 0 aliphatic rings. The van der Waals surface area contributed by atoms with E-state index in [1.807, 2.05) is 11.7 Å². The fraction of sp³-hybridized carbons (Fsp3) is 0.500. The van der Waals surface area contributed by atoms with Gasteiger partial charge >= 0.3 is 0 Å². The van der Waals surface area contributed by atoms with Crippen molar-refractivity contribution in [3.8, 4) is 0 Å². The van der Waals surface area contributed by atoms with E-state index in [4.69, 9.17) is 0 Å². The number of nitrogens with zero attached hydrogens (tertiary/aromatic N) is 3. The van der Waals surface area contributed by atoms with Crippen LogP contribution < -0.4 is 5.32 Å². The zero-order valence-electron chi connectivity index (χ0n) is 12.6. The number of aromatic nitrogens is 3. The lowest BCUT2D eigenvalue weighted by Crippen LogP contribution is -2.24. The molecule has 20 heavy (non-hydrogen) atoms. The lowest BCUT2D eigenvalue weighted by molar-refractivity contribution is 0.463. The maximum absolute atomic E-state index is 4.40. The summed E-state index contributed by atoms with van der Waals surface area (Å²) in [7, 11) is 2.01. The maximum atomic E-state index is 4.40. The quantitative estimate of drug-likeness (QED) is 0.840. The van der Waals surface area contributed by atoms with Crippen molar-refractivity contribution in [1.82, 2.24) is 20.1 Å². The number of nitrogens with one attached hydrogen (secondary N) is 1. The Kier molecular flexibility index (Phi) is 5.30. The molecule has 108 valence electrons. The summed E-state index contributed by atoms with van der Waals surface area (Å²) >= 11 is 0. The van der Waals surface area contributed by atoms with Crippen LogP contribution in [0.25, 0.3) is 0 Å². The van der Waals surface area contributed by atoms with Crippen LogP contribution in [0.5, 0.6) is 0 Å². The second-order valence-corrected chi connectivity index (χ2v) is 5.25. The molecule has 4 nitrogen and oxygen atoms in total. The Morgan fingerprint density at radius 1 is 1.25 bits per heavy atom. The second-order valence-electron chi connectivity index (χ2n) is 5.25. The second kappa shape index (κ2) is 7.20. The highest BCUT2D eigenvalue weighted by atomic mass is 15.3. The number of aryl methyl sites for hydroxylation is 2. The molecule has 1 aromatic heterocycles. The first-order valence-electron chi connectivity index (χ1n) is 7.30. The van der Waals surface area contributed by atoms with E-state index in [0.29, 0.717) is 5.92 Å². The van der Waals surface area contributed by atoms with Gasteiger partial charge < -0.3 is 5.32 Å². The molecule has 0 fully saturated rings. The smallest absolute Gasteiger partial charge is 0.138 e. The van der Waals surface area contributed by atoms with Crippen molar-refractivity contribution >= 4 is 0 Å². The summed E-state index contributed by atoms with van der Waals surface area (Å²) in [5.74, 6) is 1.62. The molecule has 0 saturated carbocycles. The first-order valence-corrected chi connectivity index (χ1v) is 7.30. The molecule has 0 amide bonds. The third-order valence-corrected chi connectivity index (χ3v) is 3.73. The summed E-state index contributed by atoms with van der Waals surface area (Å²) in [5.41, 5.74) is 2.79. The zero-order chi connectivity index (χ0) is 14.4. The van der Waals surface area contributed by atoms with Crippen molar-refractivity contribution in [2.24, 2.45) is 5.92 Å². The molecular formula is C16H24N4. The summed E-state index contributed by atoms with van der Waals surface area (Å²) in [5, 5.41) is 7.56. The maximum Gasteiger partial charge on any atom is 0.138 e. The predicted molar refractivity (Wildman–Crippen MR) is 81.7 cm³/mol. The van der Waals surface area contributed by atoms with Crippen molar-refractivity contribution in [1.29, 1.82) is 0 Å². The van der Waals surface area contributed by atoms with E-state index in [-0.39, 0.29) is 0 Å². The molecule has 0 aliphatic heterocycles. The highest BCUT2D eigenvalue weighted by Gasteiger charge is 2.14. The fourth-order valence-corrected chi connectivity index (χ4v) is 2.62. The summed E-state index contributed by atoms with van der Waals surface area (Å²) in [6.45, 7) is 6.16. The minimum absolute atomic E-state index is 0.538. The Morgan fingerprint density at radius 3 is 2.75 bits per heavy atom. The van der Waals surface area contributed by atoms with E-state index in [9.17, 15) is 0 Å². The molecule has 0 aliphatic carbocycles. The summed E-state index contributed by atoms with van der Waals surface area (Å²) < 4.78 is 1.99. The van der Waals surface area contributed by atoms with Gasteiger partial charge in [-0.25, -0.2) is 4.98 Å². The van der Waals surface area contributed by atoms with E-state index in [1.54, 1.807) is 6.33 Å². The molecule has 2 rings (SSSR count). The van der Waals surface area contributed by atoms with E-state index in [1.165, 1.54) is 11.1 Å². The molecule has 1 unspecified atom stereocenters. The fourth-order valence-electron chi connectivity index (χ4n) is 2.62. The molecule has 2 aromatic rings. The lowest BCUT2D eigenvalue weighted by atomic mass is 9.93. The predicted octanol–water partition coefficient (Wildman–Crippen LogP) is 2.23. The Balaban J connectivity index is 2.09. The van der Waals surface area contributed by atoms with Gasteiger partial charge in [0.2, 0.25) is 0 Å². The Morgan fingerprint density at radius 2 is 2.05 bits per heavy atom. The van der Waals surface area contributed by atoms with Crippen molar-refractivity contribution in [3.63, 3.8) is 0 Å². The molecule has 1 heterocycles. The van der Waals surface area contributed by atoms with Gasteiger partial charge in [0, 0.05) is 13.0 Å². The van der Waals surface area contributed by atoms with Gasteiger partial charge in [0.1, 0.15) is 12.2 Å². The molecule has 1 aromatic carbocycles. The number of benzene rings is 1. The van der Waals surface area contributed by atoms with Crippen LogP contribution in [-0.4, -0.2) is 28.4 Å².